The van der Waals surface area contributed by atoms with Crippen molar-refractivity contribution in [1.29, 1.82) is 0 Å². The fraction of sp³-hybridized carbons (Fsp3) is 0.333. The standard InChI is InChI=1S/C18H15Cl2F3N6O/c19-11-6-12(20)8-13(7-11)24-16(30)10-2-1-5-28(9-10)15-4-3-14-25-26-17(18(21,22)23)29(14)27-15/h3-4,6-8,10H,1-2,5,9H2,(H,24,30)/t10-/m0/s1. The van der Waals surface area contributed by atoms with E-state index >= 15 is 0 Å². The molecule has 1 saturated heterocycles. The highest BCUT2D eigenvalue weighted by molar-refractivity contribution is 6.35. The van der Waals surface area contributed by atoms with Crippen LogP contribution in [-0.4, -0.2) is 38.8 Å². The molecule has 0 spiro atoms. The first-order valence-corrected chi connectivity index (χ1v) is 9.78. The predicted octanol–water partition coefficient (Wildman–Crippen LogP) is 4.31. The molecule has 1 atom stereocenters. The van der Waals surface area contributed by atoms with Gasteiger partial charge in [0.1, 0.15) is 5.82 Å². The van der Waals surface area contributed by atoms with Crippen molar-refractivity contribution >= 4 is 46.3 Å². The van der Waals surface area contributed by atoms with Crippen LogP contribution in [0.3, 0.4) is 0 Å². The highest BCUT2D eigenvalue weighted by Crippen LogP contribution is 2.29. The lowest BCUT2D eigenvalue weighted by Gasteiger charge is -2.32. The minimum Gasteiger partial charge on any atom is -0.354 e. The van der Waals surface area contributed by atoms with Crippen LogP contribution in [0.2, 0.25) is 10.0 Å². The van der Waals surface area contributed by atoms with Gasteiger partial charge in [-0.15, -0.1) is 15.3 Å². The molecule has 1 aliphatic heterocycles. The maximum Gasteiger partial charge on any atom is 0.453 e. The summed E-state index contributed by atoms with van der Waals surface area (Å²) in [5.74, 6) is -1.48. The third-order valence-electron chi connectivity index (χ3n) is 4.75. The molecule has 1 aliphatic rings. The fourth-order valence-corrected chi connectivity index (χ4v) is 3.92. The normalized spacial score (nSPS) is 17.4. The van der Waals surface area contributed by atoms with Gasteiger partial charge in [-0.1, -0.05) is 23.2 Å². The minimum atomic E-state index is -4.67. The molecule has 1 amide bonds. The lowest BCUT2D eigenvalue weighted by Crippen LogP contribution is -2.41. The van der Waals surface area contributed by atoms with E-state index in [0.717, 1.165) is 0 Å². The molecule has 0 aliphatic carbocycles. The van der Waals surface area contributed by atoms with Gasteiger partial charge in [0, 0.05) is 28.8 Å². The van der Waals surface area contributed by atoms with E-state index in [1.807, 2.05) is 0 Å². The molecule has 158 valence electrons. The first kappa shape index (κ1) is 20.7. The van der Waals surface area contributed by atoms with Crippen LogP contribution in [0.1, 0.15) is 18.7 Å². The minimum absolute atomic E-state index is 0.00443. The number of anilines is 2. The number of carbonyl (C=O) groups excluding carboxylic acids is 1. The highest BCUT2D eigenvalue weighted by atomic mass is 35.5. The molecular formula is C18H15Cl2F3N6O. The van der Waals surface area contributed by atoms with E-state index in [-0.39, 0.29) is 17.5 Å². The van der Waals surface area contributed by atoms with E-state index in [9.17, 15) is 18.0 Å². The Morgan fingerprint density at radius 3 is 2.57 bits per heavy atom. The first-order valence-electron chi connectivity index (χ1n) is 9.02. The number of rotatable bonds is 3. The van der Waals surface area contributed by atoms with E-state index in [1.54, 1.807) is 29.2 Å². The monoisotopic (exact) mass is 458 g/mol. The van der Waals surface area contributed by atoms with Crippen molar-refractivity contribution in [2.24, 2.45) is 5.92 Å². The van der Waals surface area contributed by atoms with Gasteiger partial charge >= 0.3 is 6.18 Å². The van der Waals surface area contributed by atoms with E-state index in [4.69, 9.17) is 23.2 Å². The maximum atomic E-state index is 13.1. The van der Waals surface area contributed by atoms with Gasteiger partial charge in [-0.3, -0.25) is 4.79 Å². The molecule has 12 heteroatoms. The zero-order chi connectivity index (χ0) is 21.5. The Kier molecular flexibility index (Phi) is 5.46. The molecule has 2 aromatic heterocycles. The van der Waals surface area contributed by atoms with Gasteiger partial charge in [-0.05, 0) is 43.2 Å². The molecule has 0 bridgehead atoms. The summed E-state index contributed by atoms with van der Waals surface area (Å²) in [5.41, 5.74) is 0.476. The second-order valence-electron chi connectivity index (χ2n) is 6.92. The smallest absolute Gasteiger partial charge is 0.354 e. The third-order valence-corrected chi connectivity index (χ3v) is 5.18. The van der Waals surface area contributed by atoms with Gasteiger partial charge in [0.2, 0.25) is 5.91 Å². The van der Waals surface area contributed by atoms with Gasteiger partial charge in [-0.2, -0.15) is 17.7 Å². The molecule has 0 saturated carbocycles. The summed E-state index contributed by atoms with van der Waals surface area (Å²) in [6.07, 6.45) is -3.35. The summed E-state index contributed by atoms with van der Waals surface area (Å²) < 4.78 is 40.0. The van der Waals surface area contributed by atoms with Gasteiger partial charge < -0.3 is 10.2 Å². The van der Waals surface area contributed by atoms with Crippen molar-refractivity contribution in [3.05, 3.63) is 46.2 Å². The van der Waals surface area contributed by atoms with Crippen molar-refractivity contribution in [3.8, 4) is 0 Å². The molecule has 3 heterocycles. The number of hydrogen-bond acceptors (Lipinski definition) is 5. The number of fused-ring (bicyclic) bond motifs is 1. The molecule has 1 fully saturated rings. The zero-order valence-electron chi connectivity index (χ0n) is 15.3. The second-order valence-corrected chi connectivity index (χ2v) is 7.79. The van der Waals surface area contributed by atoms with Crippen LogP contribution in [0.5, 0.6) is 0 Å². The lowest BCUT2D eigenvalue weighted by atomic mass is 9.97. The molecule has 3 aromatic rings. The number of nitrogens with one attached hydrogen (secondary N) is 1. The Balaban J connectivity index is 1.53. The van der Waals surface area contributed by atoms with Gasteiger partial charge in [0.25, 0.3) is 5.82 Å². The largest absolute Gasteiger partial charge is 0.453 e. The molecule has 0 unspecified atom stereocenters. The van der Waals surface area contributed by atoms with Crippen molar-refractivity contribution in [2.45, 2.75) is 19.0 Å². The molecular weight excluding hydrogens is 444 g/mol. The summed E-state index contributed by atoms with van der Waals surface area (Å²) >= 11 is 11.9. The Morgan fingerprint density at radius 1 is 1.13 bits per heavy atom. The number of amides is 1. The van der Waals surface area contributed by atoms with E-state index in [1.165, 1.54) is 6.07 Å². The summed E-state index contributed by atoms with van der Waals surface area (Å²) in [5, 5.41) is 14.3. The van der Waals surface area contributed by atoms with Crippen LogP contribution in [0, 0.1) is 5.92 Å². The third kappa shape index (κ3) is 4.29. The van der Waals surface area contributed by atoms with E-state index < -0.39 is 12.0 Å². The van der Waals surface area contributed by atoms with E-state index in [0.29, 0.717) is 52.0 Å². The number of alkyl halides is 3. The average Bonchev–Trinajstić information content (AvgIpc) is 3.11. The number of nitrogens with zero attached hydrogens (tertiary/aromatic N) is 5. The molecule has 0 radical (unpaired) electrons. The van der Waals surface area contributed by atoms with Crippen LogP contribution in [0.25, 0.3) is 5.65 Å². The SMILES string of the molecule is O=C(Nc1cc(Cl)cc(Cl)c1)[C@H]1CCCN(c2ccc3nnc(C(F)(F)F)n3n2)C1. The van der Waals surface area contributed by atoms with Crippen LogP contribution >= 0.6 is 23.2 Å². The second kappa shape index (κ2) is 7.92. The molecule has 1 N–H and O–H groups in total. The Bertz CT molecular complexity index is 1080. The van der Waals surface area contributed by atoms with Crippen LogP contribution < -0.4 is 10.2 Å². The number of benzene rings is 1. The highest BCUT2D eigenvalue weighted by Gasteiger charge is 2.38. The molecule has 4 rings (SSSR count). The maximum absolute atomic E-state index is 13.1. The number of piperidine rings is 1. The van der Waals surface area contributed by atoms with Gasteiger partial charge in [0.15, 0.2) is 5.65 Å². The topological polar surface area (TPSA) is 75.4 Å². The first-order chi connectivity index (χ1) is 14.2. The molecule has 30 heavy (non-hydrogen) atoms. The Labute approximate surface area is 178 Å². The van der Waals surface area contributed by atoms with Crippen LogP contribution in [0.15, 0.2) is 30.3 Å². The molecule has 1 aromatic carbocycles. The summed E-state index contributed by atoms with van der Waals surface area (Å²) in [4.78, 5) is 14.5. The van der Waals surface area contributed by atoms with Gasteiger partial charge in [0.05, 0.1) is 5.92 Å². The average molecular weight is 459 g/mol. The zero-order valence-corrected chi connectivity index (χ0v) is 16.8. The summed E-state index contributed by atoms with van der Waals surface area (Å²) in [6, 6.07) is 7.73. The number of aromatic nitrogens is 4. The van der Waals surface area contributed by atoms with Crippen LogP contribution in [-0.2, 0) is 11.0 Å². The predicted molar refractivity (Wildman–Crippen MR) is 106 cm³/mol. The van der Waals surface area contributed by atoms with E-state index in [2.05, 4.69) is 20.6 Å². The lowest BCUT2D eigenvalue weighted by molar-refractivity contribution is -0.146. The summed E-state index contributed by atoms with van der Waals surface area (Å²) in [7, 11) is 0. The number of carbonyl (C=O) groups is 1. The van der Waals surface area contributed by atoms with Crippen molar-refractivity contribution in [3.63, 3.8) is 0 Å². The quantitative estimate of drug-likeness (QED) is 0.632. The van der Waals surface area contributed by atoms with Crippen LogP contribution in [0.4, 0.5) is 24.7 Å². The van der Waals surface area contributed by atoms with Crippen molar-refractivity contribution in [2.75, 3.05) is 23.3 Å². The van der Waals surface area contributed by atoms with Gasteiger partial charge in [-0.25, -0.2) is 0 Å². The number of halogens is 5. The number of hydrogen-bond donors (Lipinski definition) is 1. The Morgan fingerprint density at radius 2 is 1.87 bits per heavy atom. The van der Waals surface area contributed by atoms with Crippen molar-refractivity contribution in [1.82, 2.24) is 19.8 Å². The van der Waals surface area contributed by atoms with Crippen molar-refractivity contribution < 1.29 is 18.0 Å². The fourth-order valence-electron chi connectivity index (χ4n) is 3.39. The molecule has 7 nitrogen and oxygen atoms in total. The summed E-state index contributed by atoms with van der Waals surface area (Å²) in [6.45, 7) is 0.872. The Hall–Kier alpha value is -2.59.